The molecule has 0 atom stereocenters. The number of carbonyl (C=O) groups is 3. The van der Waals surface area contributed by atoms with E-state index in [9.17, 15) is 14.4 Å². The summed E-state index contributed by atoms with van der Waals surface area (Å²) in [5, 5.41) is 2.90. The Morgan fingerprint density at radius 2 is 1.78 bits per heavy atom. The number of amides is 1. The van der Waals surface area contributed by atoms with Gasteiger partial charge in [0.2, 0.25) is 0 Å². The normalized spacial score (nSPS) is 10.2. The lowest BCUT2D eigenvalue weighted by atomic mass is 10.1. The van der Waals surface area contributed by atoms with Crippen LogP contribution in [0.25, 0.3) is 0 Å². The van der Waals surface area contributed by atoms with E-state index < -0.39 is 24.5 Å². The van der Waals surface area contributed by atoms with Crippen molar-refractivity contribution in [1.82, 2.24) is 5.32 Å². The number of nitrogens with one attached hydrogen (secondary N) is 1. The molecule has 8 heteroatoms. The minimum absolute atomic E-state index is 0.217. The molecule has 0 aliphatic heterocycles. The zero-order chi connectivity index (χ0) is 19.8. The molecule has 0 fully saturated rings. The van der Waals surface area contributed by atoms with Gasteiger partial charge in [-0.05, 0) is 42.2 Å². The molecule has 142 valence electrons. The summed E-state index contributed by atoms with van der Waals surface area (Å²) >= 11 is 7.48. The number of hydrogen-bond acceptors (Lipinski definition) is 6. The Labute approximate surface area is 166 Å². The largest absolute Gasteiger partial charge is 0.465 e. The molecular formula is C19H18ClNO5S. The van der Waals surface area contributed by atoms with E-state index in [-0.39, 0.29) is 17.1 Å². The van der Waals surface area contributed by atoms with Crippen LogP contribution in [-0.2, 0) is 20.8 Å². The summed E-state index contributed by atoms with van der Waals surface area (Å²) in [6, 6.07) is 11.6. The highest BCUT2D eigenvalue weighted by Crippen LogP contribution is 2.23. The topological polar surface area (TPSA) is 81.7 Å². The van der Waals surface area contributed by atoms with Gasteiger partial charge in [0.15, 0.2) is 6.61 Å². The molecule has 0 spiro atoms. The maximum Gasteiger partial charge on any atom is 0.340 e. The number of halogens is 1. The molecule has 0 aromatic heterocycles. The van der Waals surface area contributed by atoms with Crippen molar-refractivity contribution in [2.45, 2.75) is 11.4 Å². The lowest BCUT2D eigenvalue weighted by Gasteiger charge is -2.09. The summed E-state index contributed by atoms with van der Waals surface area (Å²) < 4.78 is 9.64. The predicted molar refractivity (Wildman–Crippen MR) is 103 cm³/mol. The fourth-order valence-corrected chi connectivity index (χ4v) is 2.76. The summed E-state index contributed by atoms with van der Waals surface area (Å²) in [5.74, 6) is -1.53. The SMILES string of the molecule is COC(=O)c1ccc(CNC(=O)COC(=O)c2cc(SC)ccc2Cl)cc1. The second kappa shape index (κ2) is 9.99. The van der Waals surface area contributed by atoms with E-state index in [1.54, 1.807) is 42.5 Å². The van der Waals surface area contributed by atoms with Crippen LogP contribution in [0.15, 0.2) is 47.4 Å². The van der Waals surface area contributed by atoms with Crippen LogP contribution in [0.2, 0.25) is 5.02 Å². The Kier molecular flexibility index (Phi) is 7.69. The fourth-order valence-electron chi connectivity index (χ4n) is 2.12. The number of carbonyl (C=O) groups excluding carboxylic acids is 3. The zero-order valence-electron chi connectivity index (χ0n) is 14.8. The molecule has 1 amide bonds. The molecule has 0 unspecified atom stereocenters. The zero-order valence-corrected chi connectivity index (χ0v) is 16.4. The van der Waals surface area contributed by atoms with Gasteiger partial charge in [0.05, 0.1) is 23.3 Å². The van der Waals surface area contributed by atoms with E-state index >= 15 is 0 Å². The second-order valence-corrected chi connectivity index (χ2v) is 6.67. The summed E-state index contributed by atoms with van der Waals surface area (Å²) in [6.07, 6.45) is 1.88. The van der Waals surface area contributed by atoms with Gasteiger partial charge >= 0.3 is 11.9 Å². The van der Waals surface area contributed by atoms with Crippen molar-refractivity contribution in [3.8, 4) is 0 Å². The molecule has 2 aromatic carbocycles. The second-order valence-electron chi connectivity index (χ2n) is 5.39. The van der Waals surface area contributed by atoms with Crippen molar-refractivity contribution in [3.05, 3.63) is 64.2 Å². The van der Waals surface area contributed by atoms with Gasteiger partial charge in [-0.2, -0.15) is 0 Å². The molecule has 0 heterocycles. The van der Waals surface area contributed by atoms with Gasteiger partial charge in [0.1, 0.15) is 0 Å². The molecule has 1 N–H and O–H groups in total. The average molecular weight is 408 g/mol. The quantitative estimate of drug-likeness (QED) is 0.560. The number of thioether (sulfide) groups is 1. The van der Waals surface area contributed by atoms with Crippen molar-refractivity contribution >= 4 is 41.2 Å². The van der Waals surface area contributed by atoms with Gasteiger partial charge in [0, 0.05) is 11.4 Å². The lowest BCUT2D eigenvalue weighted by molar-refractivity contribution is -0.124. The molecule has 0 saturated heterocycles. The Bertz CT molecular complexity index is 838. The van der Waals surface area contributed by atoms with E-state index in [1.807, 2.05) is 6.26 Å². The molecular weight excluding hydrogens is 390 g/mol. The molecule has 2 aromatic rings. The van der Waals surface area contributed by atoms with Gasteiger partial charge < -0.3 is 14.8 Å². The van der Waals surface area contributed by atoms with Gasteiger partial charge in [-0.3, -0.25) is 4.79 Å². The molecule has 0 saturated carbocycles. The Morgan fingerprint density at radius 1 is 1.07 bits per heavy atom. The molecule has 0 radical (unpaired) electrons. The average Bonchev–Trinajstić information content (AvgIpc) is 2.70. The fraction of sp³-hybridized carbons (Fsp3) is 0.211. The molecule has 6 nitrogen and oxygen atoms in total. The maximum absolute atomic E-state index is 12.1. The first-order chi connectivity index (χ1) is 12.9. The molecule has 0 aliphatic rings. The molecule has 0 aliphatic carbocycles. The third kappa shape index (κ3) is 6.01. The first kappa shape index (κ1) is 20.8. The summed E-state index contributed by atoms with van der Waals surface area (Å²) in [7, 11) is 1.31. The van der Waals surface area contributed by atoms with E-state index in [4.69, 9.17) is 16.3 Å². The van der Waals surface area contributed by atoms with Crippen molar-refractivity contribution in [1.29, 1.82) is 0 Å². The van der Waals surface area contributed by atoms with Gasteiger partial charge in [-0.1, -0.05) is 23.7 Å². The number of benzene rings is 2. The Balaban J connectivity index is 1.84. The molecule has 2 rings (SSSR count). The van der Waals surface area contributed by atoms with Crippen molar-refractivity contribution in [2.75, 3.05) is 20.0 Å². The standard InChI is InChI=1S/C19H18ClNO5S/c1-25-18(23)13-5-3-12(4-6-13)10-21-17(22)11-26-19(24)15-9-14(27-2)7-8-16(15)20/h3-9H,10-11H2,1-2H3,(H,21,22). The van der Waals surface area contributed by atoms with Crippen LogP contribution >= 0.6 is 23.4 Å². The van der Waals surface area contributed by atoms with Gasteiger partial charge in [-0.25, -0.2) is 9.59 Å². The smallest absolute Gasteiger partial charge is 0.340 e. The minimum atomic E-state index is -0.659. The van der Waals surface area contributed by atoms with E-state index in [1.165, 1.54) is 18.9 Å². The van der Waals surface area contributed by atoms with Gasteiger partial charge in [-0.15, -0.1) is 11.8 Å². The predicted octanol–water partition coefficient (Wildman–Crippen LogP) is 3.32. The number of hydrogen-bond donors (Lipinski definition) is 1. The highest BCUT2D eigenvalue weighted by molar-refractivity contribution is 7.98. The first-order valence-electron chi connectivity index (χ1n) is 7.89. The van der Waals surface area contributed by atoms with E-state index in [2.05, 4.69) is 10.1 Å². The number of ether oxygens (including phenoxy) is 2. The van der Waals surface area contributed by atoms with Crippen LogP contribution in [0.1, 0.15) is 26.3 Å². The molecule has 0 bridgehead atoms. The highest BCUT2D eigenvalue weighted by Gasteiger charge is 2.14. The van der Waals surface area contributed by atoms with Crippen LogP contribution in [0.5, 0.6) is 0 Å². The van der Waals surface area contributed by atoms with Gasteiger partial charge in [0.25, 0.3) is 5.91 Å². The summed E-state index contributed by atoms with van der Waals surface area (Å²) in [4.78, 5) is 36.2. The number of rotatable bonds is 7. The third-order valence-electron chi connectivity index (χ3n) is 3.59. The van der Waals surface area contributed by atoms with Crippen molar-refractivity contribution in [3.63, 3.8) is 0 Å². The van der Waals surface area contributed by atoms with Crippen LogP contribution in [0.3, 0.4) is 0 Å². The maximum atomic E-state index is 12.1. The van der Waals surface area contributed by atoms with Crippen LogP contribution in [-0.4, -0.2) is 37.8 Å². The third-order valence-corrected chi connectivity index (χ3v) is 4.65. The Hall–Kier alpha value is -2.51. The van der Waals surface area contributed by atoms with E-state index in [0.29, 0.717) is 5.56 Å². The van der Waals surface area contributed by atoms with Crippen LogP contribution in [0.4, 0.5) is 0 Å². The summed E-state index contributed by atoms with van der Waals surface area (Å²) in [6.45, 7) is -0.181. The first-order valence-corrected chi connectivity index (χ1v) is 9.49. The van der Waals surface area contributed by atoms with Crippen LogP contribution in [0, 0.1) is 0 Å². The lowest BCUT2D eigenvalue weighted by Crippen LogP contribution is -2.28. The summed E-state index contributed by atoms with van der Waals surface area (Å²) in [5.41, 5.74) is 1.43. The van der Waals surface area contributed by atoms with E-state index in [0.717, 1.165) is 10.5 Å². The van der Waals surface area contributed by atoms with Crippen LogP contribution < -0.4 is 5.32 Å². The minimum Gasteiger partial charge on any atom is -0.465 e. The Morgan fingerprint density at radius 3 is 2.41 bits per heavy atom. The highest BCUT2D eigenvalue weighted by atomic mass is 35.5. The van der Waals surface area contributed by atoms with Crippen molar-refractivity contribution < 1.29 is 23.9 Å². The number of methoxy groups -OCH3 is 1. The van der Waals surface area contributed by atoms with Crippen molar-refractivity contribution in [2.24, 2.45) is 0 Å². The number of esters is 2. The molecule has 27 heavy (non-hydrogen) atoms. The monoisotopic (exact) mass is 407 g/mol.